The Kier molecular flexibility index (Phi) is 2.92. The molecule has 4 heteroatoms. The molecule has 0 radical (unpaired) electrons. The Labute approximate surface area is 95.0 Å². The van der Waals surface area contributed by atoms with E-state index in [1.54, 1.807) is 12.4 Å². The van der Waals surface area contributed by atoms with Crippen molar-refractivity contribution in [2.75, 3.05) is 7.11 Å². The first-order chi connectivity index (χ1) is 7.66. The Morgan fingerprint density at radius 3 is 2.62 bits per heavy atom. The fourth-order valence-electron chi connectivity index (χ4n) is 1.79. The number of pyridine rings is 1. The lowest BCUT2D eigenvalue weighted by atomic mass is 9.93. The van der Waals surface area contributed by atoms with Gasteiger partial charge in [0.25, 0.3) is 0 Å². The molecule has 1 fully saturated rings. The quantitative estimate of drug-likeness (QED) is 0.775. The molecule has 0 saturated heterocycles. The van der Waals surface area contributed by atoms with Crippen LogP contribution in [0.3, 0.4) is 0 Å². The van der Waals surface area contributed by atoms with E-state index in [1.807, 2.05) is 19.1 Å². The van der Waals surface area contributed by atoms with Crippen molar-refractivity contribution in [1.82, 2.24) is 10.3 Å². The van der Waals surface area contributed by atoms with Crippen molar-refractivity contribution in [3.8, 4) is 0 Å². The Hall–Kier alpha value is -1.42. The van der Waals surface area contributed by atoms with Gasteiger partial charge in [-0.05, 0) is 37.5 Å². The molecule has 1 aliphatic rings. The van der Waals surface area contributed by atoms with Crippen LogP contribution in [0.15, 0.2) is 24.5 Å². The van der Waals surface area contributed by atoms with Crippen LogP contribution in [0.2, 0.25) is 0 Å². The first-order valence-corrected chi connectivity index (χ1v) is 5.43. The molecule has 4 nitrogen and oxygen atoms in total. The lowest BCUT2D eigenvalue weighted by molar-refractivity contribution is -0.148. The molecular formula is C12H16N2O2. The average molecular weight is 220 g/mol. The van der Waals surface area contributed by atoms with E-state index in [2.05, 4.69) is 10.3 Å². The Bertz CT molecular complexity index is 376. The molecule has 2 rings (SSSR count). The first-order valence-electron chi connectivity index (χ1n) is 5.43. The molecule has 1 aliphatic carbocycles. The van der Waals surface area contributed by atoms with Crippen LogP contribution in [0.5, 0.6) is 0 Å². The number of aromatic nitrogens is 1. The number of methoxy groups -OCH3 is 1. The second-order valence-electron chi connectivity index (χ2n) is 4.27. The number of esters is 1. The zero-order chi connectivity index (χ0) is 11.6. The highest BCUT2D eigenvalue weighted by molar-refractivity contribution is 5.82. The van der Waals surface area contributed by atoms with Gasteiger partial charge in [0.15, 0.2) is 0 Å². The molecule has 1 N–H and O–H groups in total. The predicted octanol–water partition coefficient (Wildman–Crippen LogP) is 1.22. The molecule has 1 unspecified atom stereocenters. The third-order valence-corrected chi connectivity index (χ3v) is 2.92. The molecule has 1 atom stereocenters. The van der Waals surface area contributed by atoms with Crippen LogP contribution in [0.1, 0.15) is 25.3 Å². The molecule has 1 aromatic rings. The van der Waals surface area contributed by atoms with Gasteiger partial charge in [-0.15, -0.1) is 0 Å². The van der Waals surface area contributed by atoms with E-state index in [0.717, 1.165) is 18.4 Å². The maximum absolute atomic E-state index is 11.9. The zero-order valence-electron chi connectivity index (χ0n) is 9.56. The van der Waals surface area contributed by atoms with Gasteiger partial charge in [0.2, 0.25) is 0 Å². The third-order valence-electron chi connectivity index (χ3n) is 2.92. The van der Waals surface area contributed by atoms with E-state index in [0.29, 0.717) is 6.04 Å². The van der Waals surface area contributed by atoms with Crippen LogP contribution < -0.4 is 5.32 Å². The van der Waals surface area contributed by atoms with Gasteiger partial charge in [0.05, 0.1) is 7.11 Å². The summed E-state index contributed by atoms with van der Waals surface area (Å²) in [7, 11) is 1.41. The maximum atomic E-state index is 11.9. The highest BCUT2D eigenvalue weighted by Gasteiger charge is 2.40. The van der Waals surface area contributed by atoms with Crippen LogP contribution in [-0.2, 0) is 15.1 Å². The summed E-state index contributed by atoms with van der Waals surface area (Å²) < 4.78 is 4.88. The number of carbonyl (C=O) groups excluding carboxylic acids is 1. The minimum atomic E-state index is -0.765. The smallest absolute Gasteiger partial charge is 0.330 e. The summed E-state index contributed by atoms with van der Waals surface area (Å²) in [6, 6.07) is 4.11. The van der Waals surface area contributed by atoms with Crippen molar-refractivity contribution in [3.05, 3.63) is 30.1 Å². The van der Waals surface area contributed by atoms with E-state index < -0.39 is 5.54 Å². The fraction of sp³-hybridized carbons (Fsp3) is 0.500. The second-order valence-corrected chi connectivity index (χ2v) is 4.27. The number of nitrogens with zero attached hydrogens (tertiary/aromatic N) is 1. The highest BCUT2D eigenvalue weighted by atomic mass is 16.5. The average Bonchev–Trinajstić information content (AvgIpc) is 3.12. The van der Waals surface area contributed by atoms with Gasteiger partial charge in [-0.25, -0.2) is 4.79 Å². The summed E-state index contributed by atoms with van der Waals surface area (Å²) >= 11 is 0. The number of rotatable bonds is 4. The summed E-state index contributed by atoms with van der Waals surface area (Å²) in [6.07, 6.45) is 5.62. The van der Waals surface area contributed by atoms with Gasteiger partial charge in [-0.3, -0.25) is 10.3 Å². The Balaban J connectivity index is 2.29. The molecule has 16 heavy (non-hydrogen) atoms. The molecule has 1 saturated carbocycles. The Morgan fingerprint density at radius 1 is 1.50 bits per heavy atom. The summed E-state index contributed by atoms with van der Waals surface area (Å²) in [5, 5.41) is 3.33. The lowest BCUT2D eigenvalue weighted by Crippen LogP contribution is -2.48. The molecule has 0 aliphatic heterocycles. The normalized spacial score (nSPS) is 18.9. The van der Waals surface area contributed by atoms with E-state index >= 15 is 0 Å². The van der Waals surface area contributed by atoms with Crippen LogP contribution in [0.25, 0.3) is 0 Å². The largest absolute Gasteiger partial charge is 0.467 e. The first kappa shape index (κ1) is 11.1. The molecule has 86 valence electrons. The SMILES string of the molecule is COC(=O)C(C)(NC1CC1)c1ccncc1. The summed E-state index contributed by atoms with van der Waals surface area (Å²) in [6.45, 7) is 1.85. The molecule has 0 aromatic carbocycles. The summed E-state index contributed by atoms with van der Waals surface area (Å²) in [4.78, 5) is 15.9. The van der Waals surface area contributed by atoms with E-state index in [-0.39, 0.29) is 5.97 Å². The predicted molar refractivity (Wildman–Crippen MR) is 59.8 cm³/mol. The highest BCUT2D eigenvalue weighted by Crippen LogP contribution is 2.29. The topological polar surface area (TPSA) is 51.2 Å². The number of nitrogens with one attached hydrogen (secondary N) is 1. The molecule has 0 amide bonds. The van der Waals surface area contributed by atoms with Crippen molar-refractivity contribution in [2.45, 2.75) is 31.3 Å². The minimum absolute atomic E-state index is 0.259. The zero-order valence-corrected chi connectivity index (χ0v) is 9.56. The van der Waals surface area contributed by atoms with Crippen molar-refractivity contribution in [2.24, 2.45) is 0 Å². The summed E-state index contributed by atoms with van der Waals surface area (Å²) in [5.41, 5.74) is 0.125. The van der Waals surface area contributed by atoms with Gasteiger partial charge in [-0.2, -0.15) is 0 Å². The monoisotopic (exact) mass is 220 g/mol. The van der Waals surface area contributed by atoms with Crippen molar-refractivity contribution in [3.63, 3.8) is 0 Å². The van der Waals surface area contributed by atoms with Crippen LogP contribution in [-0.4, -0.2) is 24.1 Å². The van der Waals surface area contributed by atoms with E-state index in [1.165, 1.54) is 7.11 Å². The maximum Gasteiger partial charge on any atom is 0.330 e. The van der Waals surface area contributed by atoms with Gasteiger partial charge in [0, 0.05) is 18.4 Å². The molecular weight excluding hydrogens is 204 g/mol. The van der Waals surface area contributed by atoms with Gasteiger partial charge in [-0.1, -0.05) is 0 Å². The number of carbonyl (C=O) groups is 1. The summed E-state index contributed by atoms with van der Waals surface area (Å²) in [5.74, 6) is -0.259. The molecule has 1 heterocycles. The number of ether oxygens (including phenoxy) is 1. The van der Waals surface area contributed by atoms with Crippen LogP contribution in [0, 0.1) is 0 Å². The minimum Gasteiger partial charge on any atom is -0.467 e. The van der Waals surface area contributed by atoms with Crippen molar-refractivity contribution < 1.29 is 9.53 Å². The van der Waals surface area contributed by atoms with E-state index in [9.17, 15) is 4.79 Å². The van der Waals surface area contributed by atoms with Crippen molar-refractivity contribution >= 4 is 5.97 Å². The van der Waals surface area contributed by atoms with Gasteiger partial charge in [0.1, 0.15) is 5.54 Å². The van der Waals surface area contributed by atoms with Gasteiger partial charge < -0.3 is 4.74 Å². The van der Waals surface area contributed by atoms with Crippen LogP contribution in [0.4, 0.5) is 0 Å². The fourth-order valence-corrected chi connectivity index (χ4v) is 1.79. The third kappa shape index (κ3) is 2.07. The molecule has 1 aromatic heterocycles. The van der Waals surface area contributed by atoms with Gasteiger partial charge >= 0.3 is 5.97 Å². The van der Waals surface area contributed by atoms with E-state index in [4.69, 9.17) is 4.74 Å². The lowest BCUT2D eigenvalue weighted by Gasteiger charge is -2.28. The molecule has 0 spiro atoms. The van der Waals surface area contributed by atoms with Crippen LogP contribution >= 0.6 is 0 Å². The Morgan fingerprint density at radius 2 is 2.12 bits per heavy atom. The van der Waals surface area contributed by atoms with Crippen molar-refractivity contribution in [1.29, 1.82) is 0 Å². The number of hydrogen-bond donors (Lipinski definition) is 1. The standard InChI is InChI=1S/C12H16N2O2/c1-12(11(15)16-2,14-10-3-4-10)9-5-7-13-8-6-9/h5-8,10,14H,3-4H2,1-2H3. The molecule has 0 bridgehead atoms. The number of hydrogen-bond acceptors (Lipinski definition) is 4. The second kappa shape index (κ2) is 4.22.